The van der Waals surface area contributed by atoms with Gasteiger partial charge in [-0.15, -0.1) is 11.3 Å². The molecule has 4 aromatic rings. The van der Waals surface area contributed by atoms with E-state index in [4.69, 9.17) is 23.7 Å². The first-order valence-electron chi connectivity index (χ1n) is 8.84. The van der Waals surface area contributed by atoms with E-state index in [0.29, 0.717) is 23.9 Å². The minimum Gasteiger partial charge on any atom is -0.497 e. The predicted molar refractivity (Wildman–Crippen MR) is 110 cm³/mol. The van der Waals surface area contributed by atoms with Gasteiger partial charge in [-0.2, -0.15) is 4.98 Å². The van der Waals surface area contributed by atoms with Crippen molar-refractivity contribution in [3.63, 3.8) is 0 Å². The van der Waals surface area contributed by atoms with Crippen LogP contribution in [0.25, 0.3) is 22.6 Å². The van der Waals surface area contributed by atoms with Crippen LogP contribution in [-0.4, -0.2) is 36.5 Å². The minimum atomic E-state index is 0.444. The third kappa shape index (κ3) is 3.93. The molecule has 8 heteroatoms. The number of hydrogen-bond acceptors (Lipinski definition) is 8. The molecule has 0 amide bonds. The highest BCUT2D eigenvalue weighted by Crippen LogP contribution is 2.34. The zero-order chi connectivity index (χ0) is 20.2. The van der Waals surface area contributed by atoms with Crippen LogP contribution >= 0.6 is 11.3 Å². The van der Waals surface area contributed by atoms with Gasteiger partial charge in [0.15, 0.2) is 0 Å². The van der Waals surface area contributed by atoms with Gasteiger partial charge in [-0.05, 0) is 30.3 Å². The molecule has 0 saturated carbocycles. The molecule has 4 rings (SSSR count). The molecule has 0 aliphatic rings. The highest BCUT2D eigenvalue weighted by Gasteiger charge is 2.16. The standard InChI is InChI=1S/C21H19N3O4S/c1-25-13-8-9-18(27-3)15(10-13)16-12-29-20(22-16)11-19-23-21(24-28-19)14-6-4-5-7-17(14)26-2/h4-10,12H,11H2,1-3H3. The maximum absolute atomic E-state index is 5.46. The molecule has 0 bridgehead atoms. The van der Waals surface area contributed by atoms with E-state index >= 15 is 0 Å². The van der Waals surface area contributed by atoms with Crippen LogP contribution in [0, 0.1) is 0 Å². The van der Waals surface area contributed by atoms with Gasteiger partial charge in [-0.25, -0.2) is 4.98 Å². The van der Waals surface area contributed by atoms with E-state index in [0.717, 1.165) is 33.3 Å². The second kappa shape index (κ2) is 8.32. The lowest BCUT2D eigenvalue weighted by Gasteiger charge is -2.08. The van der Waals surface area contributed by atoms with E-state index in [1.807, 2.05) is 47.8 Å². The van der Waals surface area contributed by atoms with Gasteiger partial charge in [0, 0.05) is 10.9 Å². The highest BCUT2D eigenvalue weighted by molar-refractivity contribution is 7.10. The molecule has 0 fully saturated rings. The van der Waals surface area contributed by atoms with E-state index in [9.17, 15) is 0 Å². The topological polar surface area (TPSA) is 79.5 Å². The van der Waals surface area contributed by atoms with E-state index in [2.05, 4.69) is 10.1 Å². The minimum absolute atomic E-state index is 0.444. The Morgan fingerprint density at radius 3 is 2.48 bits per heavy atom. The Kier molecular flexibility index (Phi) is 5.44. The van der Waals surface area contributed by atoms with Crippen LogP contribution in [-0.2, 0) is 6.42 Å². The van der Waals surface area contributed by atoms with Crippen molar-refractivity contribution in [2.45, 2.75) is 6.42 Å². The Labute approximate surface area is 171 Å². The number of hydrogen-bond donors (Lipinski definition) is 0. The fourth-order valence-electron chi connectivity index (χ4n) is 2.92. The van der Waals surface area contributed by atoms with Crippen molar-refractivity contribution in [1.29, 1.82) is 0 Å². The van der Waals surface area contributed by atoms with Crippen molar-refractivity contribution in [2.24, 2.45) is 0 Å². The molecule has 2 heterocycles. The molecule has 2 aromatic heterocycles. The molecule has 2 aromatic carbocycles. The van der Waals surface area contributed by atoms with Crippen molar-refractivity contribution in [3.05, 3.63) is 58.7 Å². The summed E-state index contributed by atoms with van der Waals surface area (Å²) in [5, 5.41) is 6.92. The SMILES string of the molecule is COc1ccc(OC)c(-c2csc(Cc3nc(-c4ccccc4OC)no3)n2)c1. The normalized spacial score (nSPS) is 10.7. The summed E-state index contributed by atoms with van der Waals surface area (Å²) in [6, 6.07) is 13.2. The average molecular weight is 409 g/mol. The van der Waals surface area contributed by atoms with Gasteiger partial charge in [0.05, 0.1) is 39.0 Å². The molecule has 0 atom stereocenters. The van der Waals surface area contributed by atoms with Crippen LogP contribution < -0.4 is 14.2 Å². The summed E-state index contributed by atoms with van der Waals surface area (Å²) in [4.78, 5) is 9.20. The Morgan fingerprint density at radius 2 is 1.69 bits per heavy atom. The molecule has 0 spiro atoms. The van der Waals surface area contributed by atoms with Gasteiger partial charge in [0.2, 0.25) is 11.7 Å². The number of rotatable bonds is 7. The first-order valence-corrected chi connectivity index (χ1v) is 9.72. The molecule has 0 aliphatic heterocycles. The maximum Gasteiger partial charge on any atom is 0.233 e. The molecule has 0 aliphatic carbocycles. The number of benzene rings is 2. The van der Waals surface area contributed by atoms with Crippen LogP contribution in [0.3, 0.4) is 0 Å². The summed E-state index contributed by atoms with van der Waals surface area (Å²) in [6.45, 7) is 0. The Bertz CT molecular complexity index is 1120. The third-order valence-electron chi connectivity index (χ3n) is 4.35. The van der Waals surface area contributed by atoms with Crippen molar-refractivity contribution < 1.29 is 18.7 Å². The zero-order valence-electron chi connectivity index (χ0n) is 16.2. The summed E-state index contributed by atoms with van der Waals surface area (Å²) >= 11 is 1.52. The number of methoxy groups -OCH3 is 3. The molecule has 0 radical (unpaired) electrons. The predicted octanol–water partition coefficient (Wildman–Crippen LogP) is 4.48. The van der Waals surface area contributed by atoms with Crippen molar-refractivity contribution in [2.75, 3.05) is 21.3 Å². The van der Waals surface area contributed by atoms with E-state index in [1.165, 1.54) is 11.3 Å². The van der Waals surface area contributed by atoms with Crippen LogP contribution in [0.2, 0.25) is 0 Å². The fourth-order valence-corrected chi connectivity index (χ4v) is 3.71. The number of para-hydroxylation sites is 1. The molecular weight excluding hydrogens is 390 g/mol. The second-order valence-electron chi connectivity index (χ2n) is 6.08. The molecule has 7 nitrogen and oxygen atoms in total. The summed E-state index contributed by atoms with van der Waals surface area (Å²) in [5.74, 6) is 3.15. The summed E-state index contributed by atoms with van der Waals surface area (Å²) in [6.07, 6.45) is 0.444. The number of nitrogens with zero attached hydrogens (tertiary/aromatic N) is 3. The lowest BCUT2D eigenvalue weighted by molar-refractivity contribution is 0.384. The lowest BCUT2D eigenvalue weighted by atomic mass is 10.1. The van der Waals surface area contributed by atoms with Crippen molar-refractivity contribution >= 4 is 11.3 Å². The van der Waals surface area contributed by atoms with Gasteiger partial charge >= 0.3 is 0 Å². The Morgan fingerprint density at radius 1 is 0.897 bits per heavy atom. The Hall–Kier alpha value is -3.39. The smallest absolute Gasteiger partial charge is 0.233 e. The molecule has 0 saturated heterocycles. The summed E-state index contributed by atoms with van der Waals surface area (Å²) in [7, 11) is 4.88. The molecule has 148 valence electrons. The lowest BCUT2D eigenvalue weighted by Crippen LogP contribution is -1.92. The first kappa shape index (κ1) is 18.9. The summed E-state index contributed by atoms with van der Waals surface area (Å²) in [5.41, 5.74) is 2.46. The fraction of sp³-hybridized carbons (Fsp3) is 0.190. The number of ether oxygens (including phenoxy) is 3. The quantitative estimate of drug-likeness (QED) is 0.445. The van der Waals surface area contributed by atoms with E-state index in [-0.39, 0.29) is 0 Å². The van der Waals surface area contributed by atoms with Crippen LogP contribution in [0.5, 0.6) is 17.2 Å². The van der Waals surface area contributed by atoms with E-state index in [1.54, 1.807) is 21.3 Å². The van der Waals surface area contributed by atoms with Gasteiger partial charge in [0.25, 0.3) is 0 Å². The summed E-state index contributed by atoms with van der Waals surface area (Å²) < 4.78 is 21.6. The average Bonchev–Trinajstić information content (AvgIpc) is 3.43. The van der Waals surface area contributed by atoms with Crippen LogP contribution in [0.1, 0.15) is 10.9 Å². The monoisotopic (exact) mass is 409 g/mol. The third-order valence-corrected chi connectivity index (χ3v) is 5.20. The van der Waals surface area contributed by atoms with E-state index < -0.39 is 0 Å². The van der Waals surface area contributed by atoms with Gasteiger partial charge in [-0.1, -0.05) is 17.3 Å². The highest BCUT2D eigenvalue weighted by atomic mass is 32.1. The van der Waals surface area contributed by atoms with Gasteiger partial charge < -0.3 is 18.7 Å². The molecule has 0 unspecified atom stereocenters. The van der Waals surface area contributed by atoms with Gasteiger partial charge in [-0.3, -0.25) is 0 Å². The van der Waals surface area contributed by atoms with Crippen LogP contribution in [0.4, 0.5) is 0 Å². The van der Waals surface area contributed by atoms with Crippen molar-refractivity contribution in [3.8, 4) is 39.9 Å². The first-order chi connectivity index (χ1) is 14.2. The molecule has 29 heavy (non-hydrogen) atoms. The second-order valence-corrected chi connectivity index (χ2v) is 7.02. The van der Waals surface area contributed by atoms with Crippen molar-refractivity contribution in [1.82, 2.24) is 15.1 Å². The molecule has 0 N–H and O–H groups in total. The van der Waals surface area contributed by atoms with Gasteiger partial charge in [0.1, 0.15) is 22.3 Å². The number of thiazole rings is 1. The Balaban J connectivity index is 1.57. The largest absolute Gasteiger partial charge is 0.497 e. The zero-order valence-corrected chi connectivity index (χ0v) is 17.0. The molecular formula is C21H19N3O4S. The number of aromatic nitrogens is 3. The maximum atomic E-state index is 5.46. The van der Waals surface area contributed by atoms with Crippen LogP contribution in [0.15, 0.2) is 52.4 Å².